The van der Waals surface area contributed by atoms with Gasteiger partial charge in [0.05, 0.1) is 17.8 Å². The molecule has 2 atom stereocenters. The second-order valence-electron chi connectivity index (χ2n) is 8.17. The van der Waals surface area contributed by atoms with Crippen molar-refractivity contribution < 1.29 is 23.1 Å². The summed E-state index contributed by atoms with van der Waals surface area (Å²) in [7, 11) is 0. The Morgan fingerprint density at radius 2 is 2.08 bits per heavy atom. The molecule has 13 heteroatoms. The summed E-state index contributed by atoms with van der Waals surface area (Å²) >= 11 is 0. The van der Waals surface area contributed by atoms with E-state index in [0.29, 0.717) is 38.9 Å². The van der Waals surface area contributed by atoms with Gasteiger partial charge in [-0.25, -0.2) is 20.9 Å². The number of oxazole rings is 1. The minimum absolute atomic E-state index is 0.0243. The van der Waals surface area contributed by atoms with Crippen LogP contribution in [0.25, 0.3) is 4.85 Å². The molecule has 2 N–H and O–H groups in total. The first kappa shape index (κ1) is 25.5. The first-order chi connectivity index (χ1) is 18.0. The van der Waals surface area contributed by atoms with Gasteiger partial charge in [0, 0.05) is 50.7 Å². The molecule has 0 bridgehead atoms. The lowest BCUT2D eigenvalue weighted by molar-refractivity contribution is 0.0723. The molecule has 3 aromatic heterocycles. The number of carbonyl (C=O) groups is 2. The molecule has 0 radical (unpaired) electrons. The largest absolute Gasteiger partial charge is 0.457 e. The van der Waals surface area contributed by atoms with Crippen LogP contribution in [0.1, 0.15) is 40.1 Å². The molecule has 37 heavy (non-hydrogen) atoms. The number of rotatable bonds is 10. The molecular weight excluding hydrogens is 483 g/mol. The van der Waals surface area contributed by atoms with Gasteiger partial charge < -0.3 is 29.5 Å². The molecule has 1 saturated heterocycles. The van der Waals surface area contributed by atoms with Crippen LogP contribution < -0.4 is 20.3 Å². The van der Waals surface area contributed by atoms with Crippen molar-refractivity contribution in [1.29, 1.82) is 0 Å². The summed E-state index contributed by atoms with van der Waals surface area (Å²) < 4.78 is 25.7. The molecule has 4 rings (SSSR count). The summed E-state index contributed by atoms with van der Waals surface area (Å²) in [5.74, 6) is -0.990. The Kier molecular flexibility index (Phi) is 8.53. The normalized spacial score (nSPS) is 17.0. The molecular formula is C24H25FN8O4. The van der Waals surface area contributed by atoms with E-state index in [0.717, 1.165) is 0 Å². The van der Waals surface area contributed by atoms with Crippen LogP contribution in [0.3, 0.4) is 0 Å². The molecule has 0 saturated carbocycles. The molecule has 192 valence electrons. The van der Waals surface area contributed by atoms with Crippen LogP contribution in [0.2, 0.25) is 0 Å². The van der Waals surface area contributed by atoms with E-state index in [1.165, 1.54) is 37.1 Å². The van der Waals surface area contributed by atoms with Crippen LogP contribution in [-0.2, 0) is 0 Å². The summed E-state index contributed by atoms with van der Waals surface area (Å²) in [6, 6.07) is 3.36. The summed E-state index contributed by atoms with van der Waals surface area (Å²) in [6.07, 6.45) is 6.66. The standard InChI is InChI=1S/C24H25FN8O4/c1-26-7-2-3-8-28-21(34)16-13-27-11-5-18(16)31-22(35)19-15-36-24(32-19)33-12-6-20(17(25)14-33)37-23-29-9-4-10-30-23/h4-5,9-11,13,15,17,20H,2-3,6-8,12,14H2,(H,28,34)(H,27,31,35)/t17-,20+/m0/s1. The SMILES string of the molecule is [C-]#[N+]CCCCNC(=O)c1cnccc1NC(=O)c1coc(N2CC[C@@H](Oc3ncccn3)[C@@H](F)C2)n1. The number of carbonyl (C=O) groups excluding carboxylic acids is 2. The van der Waals surface area contributed by atoms with E-state index in [1.54, 1.807) is 11.0 Å². The van der Waals surface area contributed by atoms with E-state index in [1.807, 2.05) is 0 Å². The Balaban J connectivity index is 1.33. The number of pyridine rings is 1. The monoisotopic (exact) mass is 508 g/mol. The Bertz CT molecular complexity index is 1250. The Morgan fingerprint density at radius 3 is 2.86 bits per heavy atom. The molecule has 2 amide bonds. The average Bonchev–Trinajstić information content (AvgIpc) is 3.41. The van der Waals surface area contributed by atoms with Crippen molar-refractivity contribution in [1.82, 2.24) is 25.3 Å². The van der Waals surface area contributed by atoms with Crippen LogP contribution in [0.4, 0.5) is 16.1 Å². The molecule has 1 aliphatic heterocycles. The number of halogens is 1. The predicted molar refractivity (Wildman–Crippen MR) is 130 cm³/mol. The Labute approximate surface area is 212 Å². The molecule has 0 aromatic carbocycles. The maximum atomic E-state index is 14.8. The van der Waals surface area contributed by atoms with Crippen LogP contribution in [0, 0.1) is 6.57 Å². The first-order valence-electron chi connectivity index (χ1n) is 11.7. The number of hydrogen-bond acceptors (Lipinski definition) is 9. The highest BCUT2D eigenvalue weighted by atomic mass is 19.1. The van der Waals surface area contributed by atoms with Crippen LogP contribution in [-0.4, -0.2) is 70.2 Å². The van der Waals surface area contributed by atoms with Crippen molar-refractivity contribution in [3.05, 3.63) is 65.9 Å². The highest BCUT2D eigenvalue weighted by molar-refractivity contribution is 6.08. The fourth-order valence-electron chi connectivity index (χ4n) is 3.67. The van der Waals surface area contributed by atoms with Gasteiger partial charge >= 0.3 is 6.01 Å². The average molecular weight is 509 g/mol. The van der Waals surface area contributed by atoms with Crippen molar-refractivity contribution >= 4 is 23.5 Å². The minimum Gasteiger partial charge on any atom is -0.457 e. The topological polar surface area (TPSA) is 140 Å². The van der Waals surface area contributed by atoms with Gasteiger partial charge in [-0.05, 0) is 18.6 Å². The molecule has 1 aliphatic rings. The minimum atomic E-state index is -1.35. The van der Waals surface area contributed by atoms with Crippen molar-refractivity contribution in [2.45, 2.75) is 31.5 Å². The van der Waals surface area contributed by atoms with Crippen LogP contribution in [0.15, 0.2) is 47.6 Å². The third-order valence-electron chi connectivity index (χ3n) is 5.57. The number of hydrogen-bond donors (Lipinski definition) is 2. The smallest absolute Gasteiger partial charge is 0.316 e. The summed E-state index contributed by atoms with van der Waals surface area (Å²) in [6.45, 7) is 7.95. The first-order valence-corrected chi connectivity index (χ1v) is 11.7. The second-order valence-corrected chi connectivity index (χ2v) is 8.17. The lowest BCUT2D eigenvalue weighted by Gasteiger charge is -2.33. The van der Waals surface area contributed by atoms with Crippen LogP contribution >= 0.6 is 0 Å². The number of piperidine rings is 1. The van der Waals surface area contributed by atoms with Crippen molar-refractivity contribution in [3.8, 4) is 6.01 Å². The number of nitrogens with zero attached hydrogens (tertiary/aromatic N) is 6. The molecule has 12 nitrogen and oxygen atoms in total. The number of unbranched alkanes of at least 4 members (excludes halogenated alkanes) is 1. The number of ether oxygens (including phenoxy) is 1. The quantitative estimate of drug-likeness (QED) is 0.312. The fourth-order valence-corrected chi connectivity index (χ4v) is 3.67. The highest BCUT2D eigenvalue weighted by Gasteiger charge is 2.33. The summed E-state index contributed by atoms with van der Waals surface area (Å²) in [4.78, 5) is 46.3. The molecule has 3 aromatic rings. The molecule has 0 unspecified atom stereocenters. The van der Waals surface area contributed by atoms with Crippen molar-refractivity contribution in [2.75, 3.05) is 36.4 Å². The van der Waals surface area contributed by atoms with E-state index in [2.05, 4.69) is 35.4 Å². The number of nitrogens with one attached hydrogen (secondary N) is 2. The molecule has 4 heterocycles. The predicted octanol–water partition coefficient (Wildman–Crippen LogP) is 2.54. The van der Waals surface area contributed by atoms with Gasteiger partial charge in [0.1, 0.15) is 12.4 Å². The third-order valence-corrected chi connectivity index (χ3v) is 5.57. The Hall–Kier alpha value is -4.60. The van der Waals surface area contributed by atoms with Crippen molar-refractivity contribution in [3.63, 3.8) is 0 Å². The maximum Gasteiger partial charge on any atom is 0.316 e. The van der Waals surface area contributed by atoms with E-state index >= 15 is 0 Å². The van der Waals surface area contributed by atoms with Gasteiger partial charge in [-0.3, -0.25) is 14.6 Å². The lowest BCUT2D eigenvalue weighted by Crippen LogP contribution is -2.47. The zero-order valence-corrected chi connectivity index (χ0v) is 19.8. The van der Waals surface area contributed by atoms with Gasteiger partial charge in [-0.2, -0.15) is 4.98 Å². The van der Waals surface area contributed by atoms with Crippen LogP contribution in [0.5, 0.6) is 6.01 Å². The van der Waals surface area contributed by atoms with Crippen molar-refractivity contribution in [2.24, 2.45) is 0 Å². The zero-order chi connectivity index (χ0) is 26.0. The lowest BCUT2D eigenvalue weighted by atomic mass is 10.1. The number of amides is 2. The van der Waals surface area contributed by atoms with E-state index in [9.17, 15) is 14.0 Å². The third kappa shape index (κ3) is 6.75. The summed E-state index contributed by atoms with van der Waals surface area (Å²) in [5, 5.41) is 5.40. The number of alkyl halides is 1. The zero-order valence-electron chi connectivity index (χ0n) is 19.8. The Morgan fingerprint density at radius 1 is 1.24 bits per heavy atom. The van der Waals surface area contributed by atoms with Gasteiger partial charge in [0.25, 0.3) is 17.8 Å². The second kappa shape index (κ2) is 12.4. The molecule has 1 fully saturated rings. The van der Waals surface area contributed by atoms with Gasteiger partial charge in [-0.15, -0.1) is 0 Å². The molecule has 0 spiro atoms. The fraction of sp³-hybridized carbons (Fsp3) is 0.375. The van der Waals surface area contributed by atoms with E-state index in [4.69, 9.17) is 15.7 Å². The number of aromatic nitrogens is 4. The number of anilines is 2. The summed E-state index contributed by atoms with van der Waals surface area (Å²) in [5.41, 5.74) is 0.423. The van der Waals surface area contributed by atoms with E-state index in [-0.39, 0.29) is 35.5 Å². The molecule has 0 aliphatic carbocycles. The van der Waals surface area contributed by atoms with Gasteiger partial charge in [0.2, 0.25) is 6.54 Å². The van der Waals surface area contributed by atoms with Gasteiger partial charge in [-0.1, -0.05) is 0 Å². The van der Waals surface area contributed by atoms with Gasteiger partial charge in [0.15, 0.2) is 11.9 Å². The van der Waals surface area contributed by atoms with E-state index < -0.39 is 24.1 Å². The maximum absolute atomic E-state index is 14.8. The highest BCUT2D eigenvalue weighted by Crippen LogP contribution is 2.24.